The molecular weight excluding hydrogens is 384 g/mol. The maximum absolute atomic E-state index is 12.8. The third kappa shape index (κ3) is 7.44. The Morgan fingerprint density at radius 3 is 2.38 bits per heavy atom. The number of thiazole rings is 1. The van der Waals surface area contributed by atoms with Crippen LogP contribution in [0.15, 0.2) is 36.4 Å². The Bertz CT molecular complexity index is 809. The Kier molecular flexibility index (Phi) is 9.02. The Labute approximate surface area is 177 Å². The number of nitrogens with one attached hydrogen (secondary N) is 1. The number of carbonyl (C=O) groups excluding carboxylic acids is 2. The third-order valence-corrected chi connectivity index (χ3v) is 5.71. The summed E-state index contributed by atoms with van der Waals surface area (Å²) in [5, 5.41) is 3.39. The van der Waals surface area contributed by atoms with E-state index in [0.29, 0.717) is 11.7 Å². The predicted octanol–water partition coefficient (Wildman–Crippen LogP) is 3.58. The number of likely N-dealkylation sites (N-methyl/N-ethyl adjacent to an activating group) is 1. The lowest BCUT2D eigenvalue weighted by molar-refractivity contribution is -0.130. The molecule has 6 nitrogen and oxygen atoms in total. The second-order valence-corrected chi connectivity index (χ2v) is 7.94. The molecule has 0 aliphatic rings. The standard InChI is InChI=1S/C22H30N4O2S/c1-5-25(6-2)14-15-26(21(28)13-12-19-10-8-7-9-11-19)16-20(27)24-22-23-17(3)18(4)29-22/h7-13H,5-6,14-16H2,1-4H3,(H,23,24,27). The first-order valence-electron chi connectivity index (χ1n) is 9.91. The van der Waals surface area contributed by atoms with Crippen molar-refractivity contribution in [3.05, 3.63) is 52.5 Å². The van der Waals surface area contributed by atoms with Gasteiger partial charge in [0.25, 0.3) is 0 Å². The van der Waals surface area contributed by atoms with Gasteiger partial charge >= 0.3 is 0 Å². The van der Waals surface area contributed by atoms with Crippen LogP contribution in [0.5, 0.6) is 0 Å². The number of aryl methyl sites for hydroxylation is 2. The molecule has 2 aromatic rings. The number of aromatic nitrogens is 1. The van der Waals surface area contributed by atoms with E-state index in [0.717, 1.165) is 35.8 Å². The van der Waals surface area contributed by atoms with Crippen LogP contribution in [0.1, 0.15) is 30.0 Å². The number of hydrogen-bond acceptors (Lipinski definition) is 5. The predicted molar refractivity (Wildman–Crippen MR) is 120 cm³/mol. The minimum absolute atomic E-state index is 0.00307. The van der Waals surface area contributed by atoms with Crippen LogP contribution in [0.3, 0.4) is 0 Å². The number of hydrogen-bond donors (Lipinski definition) is 1. The zero-order chi connectivity index (χ0) is 21.2. The van der Waals surface area contributed by atoms with Crippen molar-refractivity contribution >= 4 is 34.4 Å². The van der Waals surface area contributed by atoms with Crippen LogP contribution < -0.4 is 5.32 Å². The monoisotopic (exact) mass is 414 g/mol. The zero-order valence-corrected chi connectivity index (χ0v) is 18.5. The van der Waals surface area contributed by atoms with E-state index < -0.39 is 0 Å². The van der Waals surface area contributed by atoms with Crippen molar-refractivity contribution in [2.45, 2.75) is 27.7 Å². The Balaban J connectivity index is 2.05. The van der Waals surface area contributed by atoms with Gasteiger partial charge in [-0.05, 0) is 38.6 Å². The molecule has 29 heavy (non-hydrogen) atoms. The van der Waals surface area contributed by atoms with Crippen molar-refractivity contribution < 1.29 is 9.59 Å². The van der Waals surface area contributed by atoms with E-state index in [-0.39, 0.29) is 18.4 Å². The summed E-state index contributed by atoms with van der Waals surface area (Å²) in [6.45, 7) is 11.1. The molecule has 1 aromatic heterocycles. The minimum Gasteiger partial charge on any atom is -0.329 e. The van der Waals surface area contributed by atoms with Crippen LogP contribution in [0, 0.1) is 13.8 Å². The molecule has 1 N–H and O–H groups in total. The summed E-state index contributed by atoms with van der Waals surface area (Å²) in [5.41, 5.74) is 1.85. The van der Waals surface area contributed by atoms with Crippen LogP contribution in [0.25, 0.3) is 6.08 Å². The van der Waals surface area contributed by atoms with Gasteiger partial charge in [-0.25, -0.2) is 4.98 Å². The Hall–Kier alpha value is -2.51. The molecule has 0 bridgehead atoms. The van der Waals surface area contributed by atoms with Gasteiger partial charge in [0.1, 0.15) is 6.54 Å². The largest absolute Gasteiger partial charge is 0.329 e. The summed E-state index contributed by atoms with van der Waals surface area (Å²) >= 11 is 1.44. The lowest BCUT2D eigenvalue weighted by atomic mass is 10.2. The molecule has 156 valence electrons. The number of amides is 2. The molecule has 1 heterocycles. The van der Waals surface area contributed by atoms with Crippen LogP contribution in [0.4, 0.5) is 5.13 Å². The van der Waals surface area contributed by atoms with Gasteiger partial charge in [0, 0.05) is 24.0 Å². The van der Waals surface area contributed by atoms with Crippen LogP contribution >= 0.6 is 11.3 Å². The fourth-order valence-corrected chi connectivity index (χ4v) is 3.60. The molecule has 0 spiro atoms. The van der Waals surface area contributed by atoms with Crippen LogP contribution in [-0.2, 0) is 9.59 Å². The Morgan fingerprint density at radius 2 is 1.79 bits per heavy atom. The van der Waals surface area contributed by atoms with Crippen molar-refractivity contribution in [1.82, 2.24) is 14.8 Å². The maximum atomic E-state index is 12.8. The zero-order valence-electron chi connectivity index (χ0n) is 17.6. The fraction of sp³-hybridized carbons (Fsp3) is 0.409. The smallest absolute Gasteiger partial charge is 0.247 e. The second-order valence-electron chi connectivity index (χ2n) is 6.74. The molecule has 0 fully saturated rings. The molecule has 2 rings (SSSR count). The lowest BCUT2D eigenvalue weighted by Gasteiger charge is -2.25. The fourth-order valence-electron chi connectivity index (χ4n) is 2.76. The van der Waals surface area contributed by atoms with Gasteiger partial charge in [0.15, 0.2) is 5.13 Å². The minimum atomic E-state index is -0.236. The number of anilines is 1. The van der Waals surface area contributed by atoms with Gasteiger partial charge < -0.3 is 15.1 Å². The molecule has 1 aromatic carbocycles. The number of rotatable bonds is 10. The maximum Gasteiger partial charge on any atom is 0.247 e. The third-order valence-electron chi connectivity index (χ3n) is 4.72. The van der Waals surface area contributed by atoms with E-state index in [1.807, 2.05) is 44.2 Å². The van der Waals surface area contributed by atoms with E-state index in [9.17, 15) is 9.59 Å². The van der Waals surface area contributed by atoms with E-state index in [2.05, 4.69) is 29.0 Å². The van der Waals surface area contributed by atoms with E-state index in [1.54, 1.807) is 11.0 Å². The van der Waals surface area contributed by atoms with Gasteiger partial charge in [0.2, 0.25) is 11.8 Å². The van der Waals surface area contributed by atoms with Gasteiger partial charge in [0.05, 0.1) is 5.69 Å². The summed E-state index contributed by atoms with van der Waals surface area (Å²) in [7, 11) is 0. The average molecular weight is 415 g/mol. The molecule has 0 radical (unpaired) electrons. The average Bonchev–Trinajstić information content (AvgIpc) is 3.03. The number of benzene rings is 1. The van der Waals surface area contributed by atoms with Crippen molar-refractivity contribution in [2.24, 2.45) is 0 Å². The summed E-state index contributed by atoms with van der Waals surface area (Å²) in [6, 6.07) is 9.65. The quantitative estimate of drug-likeness (QED) is 0.604. The molecule has 2 amide bonds. The highest BCUT2D eigenvalue weighted by molar-refractivity contribution is 7.15. The first-order valence-corrected chi connectivity index (χ1v) is 10.7. The summed E-state index contributed by atoms with van der Waals surface area (Å²) < 4.78 is 0. The highest BCUT2D eigenvalue weighted by Gasteiger charge is 2.17. The highest BCUT2D eigenvalue weighted by Crippen LogP contribution is 2.20. The van der Waals surface area contributed by atoms with Gasteiger partial charge in [-0.1, -0.05) is 44.2 Å². The summed E-state index contributed by atoms with van der Waals surface area (Å²) in [6.07, 6.45) is 3.31. The normalized spacial score (nSPS) is 11.2. The van der Waals surface area contributed by atoms with E-state index in [4.69, 9.17) is 0 Å². The molecule has 0 atom stereocenters. The van der Waals surface area contributed by atoms with Crippen molar-refractivity contribution in [2.75, 3.05) is 38.0 Å². The molecule has 0 saturated heterocycles. The van der Waals surface area contributed by atoms with E-state index >= 15 is 0 Å². The number of carbonyl (C=O) groups is 2. The molecule has 0 saturated carbocycles. The van der Waals surface area contributed by atoms with Crippen molar-refractivity contribution in [3.8, 4) is 0 Å². The van der Waals surface area contributed by atoms with Crippen molar-refractivity contribution in [3.63, 3.8) is 0 Å². The SMILES string of the molecule is CCN(CC)CCN(CC(=O)Nc1nc(C)c(C)s1)C(=O)C=Cc1ccccc1. The summed E-state index contributed by atoms with van der Waals surface area (Å²) in [4.78, 5) is 34.5. The second kappa shape index (κ2) is 11.5. The topological polar surface area (TPSA) is 65.5 Å². The van der Waals surface area contributed by atoms with Gasteiger partial charge in [-0.3, -0.25) is 9.59 Å². The van der Waals surface area contributed by atoms with Crippen molar-refractivity contribution in [1.29, 1.82) is 0 Å². The molecule has 0 aliphatic carbocycles. The molecular formula is C22H30N4O2S. The first-order chi connectivity index (χ1) is 13.9. The molecule has 0 aliphatic heterocycles. The first kappa shape index (κ1) is 22.8. The lowest BCUT2D eigenvalue weighted by Crippen LogP contribution is -2.42. The molecule has 7 heteroatoms. The van der Waals surface area contributed by atoms with E-state index in [1.165, 1.54) is 17.4 Å². The van der Waals surface area contributed by atoms with Gasteiger partial charge in [-0.2, -0.15) is 0 Å². The molecule has 0 unspecified atom stereocenters. The summed E-state index contributed by atoms with van der Waals surface area (Å²) in [5.74, 6) is -0.414. The Morgan fingerprint density at radius 1 is 1.10 bits per heavy atom. The van der Waals surface area contributed by atoms with Gasteiger partial charge in [-0.15, -0.1) is 11.3 Å². The van der Waals surface area contributed by atoms with Crippen LogP contribution in [0.2, 0.25) is 0 Å². The number of nitrogens with zero attached hydrogens (tertiary/aromatic N) is 3. The highest BCUT2D eigenvalue weighted by atomic mass is 32.1. The van der Waals surface area contributed by atoms with Crippen LogP contribution in [-0.4, -0.2) is 59.3 Å².